The van der Waals surface area contributed by atoms with Crippen molar-refractivity contribution < 1.29 is 14.3 Å². The Morgan fingerprint density at radius 2 is 2.00 bits per heavy atom. The summed E-state index contributed by atoms with van der Waals surface area (Å²) >= 11 is 1.41. The number of hydrogen-bond donors (Lipinski definition) is 2. The number of anilines is 1. The molecule has 1 amide bonds. The fraction of sp³-hybridized carbons (Fsp3) is 0.240. The van der Waals surface area contributed by atoms with Gasteiger partial charge in [-0.15, -0.1) is 0 Å². The van der Waals surface area contributed by atoms with Crippen LogP contribution in [0.15, 0.2) is 65.1 Å². The number of amides is 1. The first-order chi connectivity index (χ1) is 16.0. The summed E-state index contributed by atoms with van der Waals surface area (Å²) in [7, 11) is 1.55. The van der Waals surface area contributed by atoms with Gasteiger partial charge in [0.1, 0.15) is 12.4 Å². The molecule has 1 aliphatic heterocycles. The molecule has 1 aliphatic rings. The lowest BCUT2D eigenvalue weighted by Gasteiger charge is -2.26. The molecular formula is C25H25N3O4S. The molecule has 1 aromatic heterocycles. The second kappa shape index (κ2) is 9.95. The molecule has 1 atom stereocenters. The van der Waals surface area contributed by atoms with Crippen LogP contribution in [0.5, 0.6) is 11.5 Å². The first kappa shape index (κ1) is 22.7. The number of nitrogens with zero attached hydrogens (tertiary/aromatic N) is 1. The molecule has 8 heteroatoms. The van der Waals surface area contributed by atoms with Crippen LogP contribution in [-0.2, 0) is 10.5 Å². The van der Waals surface area contributed by atoms with Crippen LogP contribution < -0.4 is 20.3 Å². The van der Waals surface area contributed by atoms with E-state index in [1.54, 1.807) is 19.3 Å². The van der Waals surface area contributed by atoms with E-state index in [1.165, 1.54) is 17.3 Å². The number of methoxy groups -OCH3 is 1. The van der Waals surface area contributed by atoms with Gasteiger partial charge in [0.05, 0.1) is 12.7 Å². The number of rotatable bonds is 8. The highest BCUT2D eigenvalue weighted by Gasteiger charge is 2.33. The minimum Gasteiger partial charge on any atom is -0.493 e. The number of carbonyl (C=O) groups is 1. The van der Waals surface area contributed by atoms with Crippen LogP contribution in [0.4, 0.5) is 5.82 Å². The predicted octanol–water partition coefficient (Wildman–Crippen LogP) is 4.42. The van der Waals surface area contributed by atoms with Crippen molar-refractivity contribution in [3.8, 4) is 11.5 Å². The summed E-state index contributed by atoms with van der Waals surface area (Å²) in [6.45, 7) is 5.99. The largest absolute Gasteiger partial charge is 0.493 e. The van der Waals surface area contributed by atoms with E-state index in [1.807, 2.05) is 43.3 Å². The highest BCUT2D eigenvalue weighted by molar-refractivity contribution is 7.98. The molecule has 2 N–H and O–H groups in total. The maximum Gasteiger partial charge on any atom is 0.257 e. The van der Waals surface area contributed by atoms with Crippen LogP contribution in [0.1, 0.15) is 34.6 Å². The first-order valence-electron chi connectivity index (χ1n) is 10.5. The molecule has 0 saturated heterocycles. The molecule has 2 aromatic carbocycles. The number of fused-ring (bicyclic) bond motifs is 1. The van der Waals surface area contributed by atoms with Gasteiger partial charge in [-0.2, -0.15) is 0 Å². The van der Waals surface area contributed by atoms with Crippen LogP contribution in [0, 0.1) is 6.92 Å². The quantitative estimate of drug-likeness (QED) is 0.292. The molecular weight excluding hydrogens is 438 g/mol. The minimum absolute atomic E-state index is 0.102. The number of nitrogens with one attached hydrogen (secondary N) is 2. The summed E-state index contributed by atoms with van der Waals surface area (Å²) in [5.74, 6) is 1.21. The van der Waals surface area contributed by atoms with Crippen LogP contribution in [-0.4, -0.2) is 29.6 Å². The zero-order valence-corrected chi connectivity index (χ0v) is 19.3. The average molecular weight is 464 g/mol. The Morgan fingerprint density at radius 1 is 1.21 bits per heavy atom. The monoisotopic (exact) mass is 463 g/mol. The summed E-state index contributed by atoms with van der Waals surface area (Å²) < 4.78 is 11.3. The molecule has 2 heterocycles. The second-order valence-electron chi connectivity index (χ2n) is 7.69. The van der Waals surface area contributed by atoms with Gasteiger partial charge in [0.15, 0.2) is 16.7 Å². The standard InChI is InChI=1S/C25H25N3O4S/c1-4-12-32-22-17(6-5-7-19(22)31-3)18-13-20(29)26-23-21(18)24(30)28-25(27-23)33-14-16-10-8-15(2)9-11-16/h4-11,18H,1,12-14H2,2-3H3,(H2,26,27,28,29,30). The molecule has 1 unspecified atom stereocenters. The fourth-order valence-electron chi connectivity index (χ4n) is 3.79. The molecule has 0 spiro atoms. The lowest BCUT2D eigenvalue weighted by molar-refractivity contribution is -0.116. The summed E-state index contributed by atoms with van der Waals surface area (Å²) in [5.41, 5.74) is 3.12. The Bertz CT molecular complexity index is 1240. The van der Waals surface area contributed by atoms with E-state index < -0.39 is 5.92 Å². The van der Waals surface area contributed by atoms with Crippen molar-refractivity contribution in [1.29, 1.82) is 0 Å². The van der Waals surface area contributed by atoms with Gasteiger partial charge < -0.3 is 19.8 Å². The third-order valence-corrected chi connectivity index (χ3v) is 6.32. The molecule has 4 rings (SSSR count). The Morgan fingerprint density at radius 3 is 2.73 bits per heavy atom. The molecule has 0 fully saturated rings. The van der Waals surface area contributed by atoms with Crippen molar-refractivity contribution >= 4 is 23.5 Å². The molecule has 33 heavy (non-hydrogen) atoms. The van der Waals surface area contributed by atoms with Crippen LogP contribution in [0.2, 0.25) is 0 Å². The van der Waals surface area contributed by atoms with E-state index in [4.69, 9.17) is 9.47 Å². The Kier molecular flexibility index (Phi) is 6.84. The van der Waals surface area contributed by atoms with E-state index in [9.17, 15) is 9.59 Å². The van der Waals surface area contributed by atoms with Gasteiger partial charge in [0, 0.05) is 23.7 Å². The average Bonchev–Trinajstić information content (AvgIpc) is 2.81. The number of para-hydroxylation sites is 1. The van der Waals surface area contributed by atoms with Gasteiger partial charge in [-0.05, 0) is 18.6 Å². The van der Waals surface area contributed by atoms with Crippen molar-refractivity contribution in [2.45, 2.75) is 30.2 Å². The van der Waals surface area contributed by atoms with Crippen LogP contribution in [0.25, 0.3) is 0 Å². The van der Waals surface area contributed by atoms with Gasteiger partial charge in [-0.3, -0.25) is 9.59 Å². The van der Waals surface area contributed by atoms with E-state index in [0.717, 1.165) is 5.56 Å². The van der Waals surface area contributed by atoms with Gasteiger partial charge in [0.25, 0.3) is 5.56 Å². The topological polar surface area (TPSA) is 93.3 Å². The number of aryl methyl sites for hydroxylation is 1. The lowest BCUT2D eigenvalue weighted by Crippen LogP contribution is -2.31. The highest BCUT2D eigenvalue weighted by Crippen LogP contribution is 2.42. The van der Waals surface area contributed by atoms with Crippen molar-refractivity contribution in [3.05, 3.63) is 87.7 Å². The van der Waals surface area contributed by atoms with Crippen molar-refractivity contribution in [2.75, 3.05) is 19.0 Å². The molecule has 7 nitrogen and oxygen atoms in total. The minimum atomic E-state index is -0.518. The predicted molar refractivity (Wildman–Crippen MR) is 129 cm³/mol. The van der Waals surface area contributed by atoms with Gasteiger partial charge in [0.2, 0.25) is 5.91 Å². The molecule has 0 bridgehead atoms. The van der Waals surface area contributed by atoms with E-state index in [0.29, 0.717) is 33.5 Å². The summed E-state index contributed by atoms with van der Waals surface area (Å²) in [6, 6.07) is 13.6. The van der Waals surface area contributed by atoms with Gasteiger partial charge in [-0.25, -0.2) is 4.98 Å². The molecule has 170 valence electrons. The maximum atomic E-state index is 13.2. The zero-order valence-electron chi connectivity index (χ0n) is 18.5. The van der Waals surface area contributed by atoms with Gasteiger partial charge in [-0.1, -0.05) is 66.4 Å². The number of ether oxygens (including phenoxy) is 2. The van der Waals surface area contributed by atoms with E-state index >= 15 is 0 Å². The van der Waals surface area contributed by atoms with E-state index in [2.05, 4.69) is 21.9 Å². The zero-order chi connectivity index (χ0) is 23.4. The van der Waals surface area contributed by atoms with Crippen LogP contribution in [0.3, 0.4) is 0 Å². The first-order valence-corrected chi connectivity index (χ1v) is 11.5. The highest BCUT2D eigenvalue weighted by atomic mass is 32.2. The lowest BCUT2D eigenvalue weighted by atomic mass is 9.86. The Balaban J connectivity index is 1.70. The van der Waals surface area contributed by atoms with Crippen molar-refractivity contribution in [2.24, 2.45) is 0 Å². The molecule has 0 aliphatic carbocycles. The summed E-state index contributed by atoms with van der Waals surface area (Å²) in [4.78, 5) is 33.2. The number of H-pyrrole nitrogens is 1. The molecule has 3 aromatic rings. The number of thioether (sulfide) groups is 1. The summed E-state index contributed by atoms with van der Waals surface area (Å²) in [5, 5.41) is 3.22. The third kappa shape index (κ3) is 4.96. The normalized spacial score (nSPS) is 14.8. The third-order valence-electron chi connectivity index (χ3n) is 5.38. The maximum absolute atomic E-state index is 13.2. The number of benzene rings is 2. The number of aromatic amines is 1. The molecule has 0 radical (unpaired) electrons. The number of hydrogen-bond acceptors (Lipinski definition) is 6. The SMILES string of the molecule is C=CCOc1c(OC)cccc1C1CC(=O)Nc2nc(SCc3ccc(C)cc3)[nH]c(=O)c21. The second-order valence-corrected chi connectivity index (χ2v) is 8.65. The Labute approximate surface area is 196 Å². The van der Waals surface area contributed by atoms with Crippen LogP contribution >= 0.6 is 11.8 Å². The fourth-order valence-corrected chi connectivity index (χ4v) is 4.60. The molecule has 0 saturated carbocycles. The van der Waals surface area contributed by atoms with Gasteiger partial charge >= 0.3 is 0 Å². The summed E-state index contributed by atoms with van der Waals surface area (Å²) in [6.07, 6.45) is 1.73. The van der Waals surface area contributed by atoms with Crippen molar-refractivity contribution in [1.82, 2.24) is 9.97 Å². The Hall–Kier alpha value is -3.52. The van der Waals surface area contributed by atoms with E-state index in [-0.39, 0.29) is 30.3 Å². The number of carbonyl (C=O) groups excluding carboxylic acids is 1. The van der Waals surface area contributed by atoms with Crippen molar-refractivity contribution in [3.63, 3.8) is 0 Å². The smallest absolute Gasteiger partial charge is 0.257 e. The number of aromatic nitrogens is 2.